The number of esters is 1. The second kappa shape index (κ2) is 4.93. The summed E-state index contributed by atoms with van der Waals surface area (Å²) in [4.78, 5) is 15.6. The summed E-state index contributed by atoms with van der Waals surface area (Å²) in [6.45, 7) is 3.97. The fourth-order valence-corrected chi connectivity index (χ4v) is 1.68. The van der Waals surface area contributed by atoms with Crippen LogP contribution in [-0.4, -0.2) is 18.1 Å². The van der Waals surface area contributed by atoms with Crippen LogP contribution >= 0.6 is 11.3 Å². The molecule has 1 rings (SSSR count). The molecule has 0 fully saturated rings. The average Bonchev–Trinajstić information content (AvgIpc) is 2.59. The molecule has 0 saturated heterocycles. The minimum absolute atomic E-state index is 0.252. The average molecular weight is 226 g/mol. The number of hydrogen-bond acceptors (Lipinski definition) is 5. The number of nitrogen functional groups attached to an aromatic ring is 1. The maximum atomic E-state index is 11.5. The number of thiazole rings is 1. The number of methoxy groups -OCH3 is 1. The van der Waals surface area contributed by atoms with E-state index in [0.717, 1.165) is 0 Å². The van der Waals surface area contributed by atoms with E-state index in [1.54, 1.807) is 5.38 Å². The van der Waals surface area contributed by atoms with Crippen molar-refractivity contribution in [2.24, 2.45) is 5.92 Å². The fraction of sp³-hybridized carbons (Fsp3) is 0.400. The van der Waals surface area contributed by atoms with Crippen LogP contribution in [0.1, 0.15) is 19.5 Å². The van der Waals surface area contributed by atoms with Crippen molar-refractivity contribution in [2.75, 3.05) is 12.8 Å². The minimum Gasteiger partial charge on any atom is -0.465 e. The topological polar surface area (TPSA) is 65.2 Å². The Morgan fingerprint density at radius 2 is 2.33 bits per heavy atom. The van der Waals surface area contributed by atoms with Crippen LogP contribution in [0.15, 0.2) is 11.5 Å². The van der Waals surface area contributed by atoms with Gasteiger partial charge in [-0.2, -0.15) is 0 Å². The lowest BCUT2D eigenvalue weighted by molar-refractivity contribution is -0.133. The highest BCUT2D eigenvalue weighted by molar-refractivity contribution is 7.13. The Hall–Kier alpha value is -1.36. The smallest absolute Gasteiger partial charge is 0.339 e. The maximum Gasteiger partial charge on any atom is 0.339 e. The van der Waals surface area contributed by atoms with Gasteiger partial charge in [-0.1, -0.05) is 19.9 Å². The van der Waals surface area contributed by atoms with Crippen LogP contribution in [0.4, 0.5) is 5.13 Å². The van der Waals surface area contributed by atoms with E-state index >= 15 is 0 Å². The molecule has 1 heterocycles. The van der Waals surface area contributed by atoms with E-state index in [2.05, 4.69) is 4.98 Å². The van der Waals surface area contributed by atoms with Crippen LogP contribution in [0, 0.1) is 5.92 Å². The molecule has 0 amide bonds. The predicted molar refractivity (Wildman–Crippen MR) is 61.4 cm³/mol. The molecule has 0 bridgehead atoms. The molecule has 0 atom stereocenters. The number of carbonyl (C=O) groups is 1. The molecule has 5 heteroatoms. The zero-order valence-electron chi connectivity index (χ0n) is 8.98. The number of allylic oxidation sites excluding steroid dienone is 1. The van der Waals surface area contributed by atoms with Crippen molar-refractivity contribution in [1.82, 2.24) is 4.98 Å². The SMILES string of the molecule is COC(=O)C(=CC(C)C)c1csc(N)n1. The van der Waals surface area contributed by atoms with Gasteiger partial charge in [-0.05, 0) is 5.92 Å². The number of rotatable bonds is 3. The standard InChI is InChI=1S/C10H14N2O2S/c1-6(2)4-7(9(13)14-3)8-5-15-10(11)12-8/h4-6H,1-3H3,(H2,11,12). The van der Waals surface area contributed by atoms with E-state index in [9.17, 15) is 4.79 Å². The number of anilines is 1. The third kappa shape index (κ3) is 3.06. The lowest BCUT2D eigenvalue weighted by Gasteiger charge is -2.03. The summed E-state index contributed by atoms with van der Waals surface area (Å²) in [5, 5.41) is 2.20. The maximum absolute atomic E-state index is 11.5. The van der Waals surface area contributed by atoms with Gasteiger partial charge >= 0.3 is 5.97 Å². The van der Waals surface area contributed by atoms with Gasteiger partial charge in [-0.3, -0.25) is 0 Å². The number of nitrogens with zero attached hydrogens (tertiary/aromatic N) is 1. The van der Waals surface area contributed by atoms with E-state index in [-0.39, 0.29) is 11.9 Å². The molecular formula is C10H14N2O2S. The molecule has 0 unspecified atom stereocenters. The van der Waals surface area contributed by atoms with Crippen molar-refractivity contribution in [1.29, 1.82) is 0 Å². The quantitative estimate of drug-likeness (QED) is 0.632. The number of carbonyl (C=O) groups excluding carboxylic acids is 1. The van der Waals surface area contributed by atoms with Gasteiger partial charge in [0.15, 0.2) is 5.13 Å². The second-order valence-electron chi connectivity index (χ2n) is 3.39. The zero-order chi connectivity index (χ0) is 11.4. The highest BCUT2D eigenvalue weighted by Crippen LogP contribution is 2.21. The number of hydrogen-bond donors (Lipinski definition) is 1. The monoisotopic (exact) mass is 226 g/mol. The molecule has 4 nitrogen and oxygen atoms in total. The molecule has 15 heavy (non-hydrogen) atoms. The Labute approximate surface area is 92.8 Å². The number of aromatic nitrogens is 1. The summed E-state index contributed by atoms with van der Waals surface area (Å²) in [7, 11) is 1.35. The number of nitrogens with two attached hydrogens (primary N) is 1. The van der Waals surface area contributed by atoms with Crippen molar-refractivity contribution >= 4 is 28.0 Å². The van der Waals surface area contributed by atoms with Crippen LogP contribution in [0.25, 0.3) is 5.57 Å². The summed E-state index contributed by atoms with van der Waals surface area (Å²) < 4.78 is 4.69. The van der Waals surface area contributed by atoms with E-state index in [1.165, 1.54) is 18.4 Å². The van der Waals surface area contributed by atoms with Crippen LogP contribution < -0.4 is 5.73 Å². The summed E-state index contributed by atoms with van der Waals surface area (Å²) >= 11 is 1.31. The molecule has 0 saturated carbocycles. The first-order valence-electron chi connectivity index (χ1n) is 4.56. The van der Waals surface area contributed by atoms with Gasteiger partial charge in [0.1, 0.15) is 0 Å². The first-order valence-corrected chi connectivity index (χ1v) is 5.44. The van der Waals surface area contributed by atoms with E-state index in [1.807, 2.05) is 19.9 Å². The lowest BCUT2D eigenvalue weighted by atomic mass is 10.1. The van der Waals surface area contributed by atoms with Gasteiger partial charge in [0, 0.05) is 5.38 Å². The first-order chi connectivity index (χ1) is 7.04. The summed E-state index contributed by atoms with van der Waals surface area (Å²) in [6.07, 6.45) is 1.82. The zero-order valence-corrected chi connectivity index (χ0v) is 9.80. The third-order valence-electron chi connectivity index (χ3n) is 1.70. The Bertz CT molecular complexity index is 383. The Morgan fingerprint density at radius 3 is 2.73 bits per heavy atom. The molecule has 0 radical (unpaired) electrons. The van der Waals surface area contributed by atoms with Crippen molar-refractivity contribution in [3.05, 3.63) is 17.2 Å². The normalized spacial score (nSPS) is 11.9. The van der Waals surface area contributed by atoms with Crippen molar-refractivity contribution < 1.29 is 9.53 Å². The van der Waals surface area contributed by atoms with Crippen LogP contribution in [0.5, 0.6) is 0 Å². The second-order valence-corrected chi connectivity index (χ2v) is 4.28. The highest BCUT2D eigenvalue weighted by Gasteiger charge is 2.15. The lowest BCUT2D eigenvalue weighted by Crippen LogP contribution is -2.05. The summed E-state index contributed by atoms with van der Waals surface area (Å²) in [5.74, 6) is -0.129. The molecule has 82 valence electrons. The Kier molecular flexibility index (Phi) is 3.85. The molecule has 0 aliphatic carbocycles. The molecular weight excluding hydrogens is 212 g/mol. The van der Waals surface area contributed by atoms with Crippen LogP contribution in [0.3, 0.4) is 0 Å². The highest BCUT2D eigenvalue weighted by atomic mass is 32.1. The fourth-order valence-electron chi connectivity index (χ4n) is 1.11. The van der Waals surface area contributed by atoms with Gasteiger partial charge in [-0.25, -0.2) is 9.78 Å². The molecule has 0 aromatic carbocycles. The first kappa shape index (κ1) is 11.7. The minimum atomic E-state index is -0.381. The van der Waals surface area contributed by atoms with E-state index < -0.39 is 0 Å². The van der Waals surface area contributed by atoms with Crippen molar-refractivity contribution in [3.8, 4) is 0 Å². The third-order valence-corrected chi connectivity index (χ3v) is 2.38. The molecule has 0 aliphatic rings. The molecule has 1 aromatic rings. The Morgan fingerprint density at radius 1 is 1.67 bits per heavy atom. The predicted octanol–water partition coefficient (Wildman–Crippen LogP) is 1.94. The van der Waals surface area contributed by atoms with Crippen LogP contribution in [-0.2, 0) is 9.53 Å². The molecule has 2 N–H and O–H groups in total. The molecule has 1 aromatic heterocycles. The van der Waals surface area contributed by atoms with Gasteiger partial charge in [0.05, 0.1) is 18.4 Å². The Balaban J connectivity index is 3.07. The van der Waals surface area contributed by atoms with Crippen molar-refractivity contribution in [2.45, 2.75) is 13.8 Å². The van der Waals surface area contributed by atoms with Gasteiger partial charge in [0.2, 0.25) is 0 Å². The molecule has 0 spiro atoms. The summed E-state index contributed by atoms with van der Waals surface area (Å²) in [5.41, 5.74) is 6.57. The van der Waals surface area contributed by atoms with E-state index in [4.69, 9.17) is 10.5 Å². The molecule has 0 aliphatic heterocycles. The largest absolute Gasteiger partial charge is 0.465 e. The van der Waals surface area contributed by atoms with E-state index in [0.29, 0.717) is 16.4 Å². The van der Waals surface area contributed by atoms with Gasteiger partial charge in [-0.15, -0.1) is 11.3 Å². The van der Waals surface area contributed by atoms with Gasteiger partial charge < -0.3 is 10.5 Å². The summed E-state index contributed by atoms with van der Waals surface area (Å²) in [6, 6.07) is 0. The van der Waals surface area contributed by atoms with Crippen molar-refractivity contribution in [3.63, 3.8) is 0 Å². The number of ether oxygens (including phenoxy) is 1. The van der Waals surface area contributed by atoms with Gasteiger partial charge in [0.25, 0.3) is 0 Å². The van der Waals surface area contributed by atoms with Crippen LogP contribution in [0.2, 0.25) is 0 Å².